The monoisotopic (exact) mass is 372 g/mol. The minimum atomic E-state index is -0.172. The fourth-order valence-electron chi connectivity index (χ4n) is 3.17. The number of amides is 1. The molecule has 0 bridgehead atoms. The highest BCUT2D eigenvalue weighted by Gasteiger charge is 2.26. The van der Waals surface area contributed by atoms with Crippen molar-refractivity contribution in [2.45, 2.75) is 25.9 Å². The van der Waals surface area contributed by atoms with E-state index in [1.807, 2.05) is 42.0 Å². The fourth-order valence-corrected chi connectivity index (χ4v) is 3.29. The molecule has 4 nitrogen and oxygen atoms in total. The molecule has 0 aromatic heterocycles. The molecule has 1 aliphatic rings. The van der Waals surface area contributed by atoms with Crippen LogP contribution in [0.1, 0.15) is 18.1 Å². The fraction of sp³-hybridized carbons (Fsp3) is 0.381. The van der Waals surface area contributed by atoms with Gasteiger partial charge in [-0.2, -0.15) is 0 Å². The molecule has 5 heteroatoms. The molecule has 1 unspecified atom stereocenters. The first-order valence-corrected chi connectivity index (χ1v) is 9.36. The summed E-state index contributed by atoms with van der Waals surface area (Å²) in [6.45, 7) is 4.66. The van der Waals surface area contributed by atoms with Crippen LogP contribution in [0.3, 0.4) is 0 Å². The molecule has 26 heavy (non-hydrogen) atoms. The van der Waals surface area contributed by atoms with Crippen molar-refractivity contribution >= 4 is 17.5 Å². The summed E-state index contributed by atoms with van der Waals surface area (Å²) in [5, 5.41) is 0.691. The van der Waals surface area contributed by atoms with Gasteiger partial charge in [0.2, 0.25) is 5.91 Å². The van der Waals surface area contributed by atoms with E-state index < -0.39 is 0 Å². The summed E-state index contributed by atoms with van der Waals surface area (Å²) in [5.41, 5.74) is 2.61. The van der Waals surface area contributed by atoms with E-state index in [2.05, 4.69) is 18.2 Å². The van der Waals surface area contributed by atoms with Crippen LogP contribution in [0.2, 0.25) is 5.02 Å². The van der Waals surface area contributed by atoms with Gasteiger partial charge in [0.1, 0.15) is 12.4 Å². The largest absolute Gasteiger partial charge is 0.492 e. The second-order valence-electron chi connectivity index (χ2n) is 6.74. The molecule has 1 aliphatic heterocycles. The van der Waals surface area contributed by atoms with Crippen LogP contribution in [-0.4, -0.2) is 48.5 Å². The van der Waals surface area contributed by atoms with Gasteiger partial charge in [-0.1, -0.05) is 35.9 Å². The van der Waals surface area contributed by atoms with Crippen LogP contribution in [0.5, 0.6) is 5.75 Å². The SMILES string of the molecule is CC(C(=O)N1CCc2ccccc2C1)N(C)CCOc1ccc(Cl)cc1. The average molecular weight is 373 g/mol. The van der Waals surface area contributed by atoms with E-state index in [0.717, 1.165) is 18.7 Å². The summed E-state index contributed by atoms with van der Waals surface area (Å²) in [4.78, 5) is 16.9. The van der Waals surface area contributed by atoms with Gasteiger partial charge in [0, 0.05) is 24.7 Å². The van der Waals surface area contributed by atoms with Crippen molar-refractivity contribution in [2.75, 3.05) is 26.7 Å². The molecule has 0 spiro atoms. The molecule has 1 heterocycles. The van der Waals surface area contributed by atoms with Crippen molar-refractivity contribution in [3.05, 3.63) is 64.7 Å². The predicted octanol–water partition coefficient (Wildman–Crippen LogP) is 3.62. The highest BCUT2D eigenvalue weighted by Crippen LogP contribution is 2.20. The Kier molecular flexibility index (Phi) is 6.17. The lowest BCUT2D eigenvalue weighted by Gasteiger charge is -2.33. The highest BCUT2D eigenvalue weighted by atomic mass is 35.5. The number of hydrogen-bond acceptors (Lipinski definition) is 3. The van der Waals surface area contributed by atoms with Gasteiger partial charge in [-0.15, -0.1) is 0 Å². The molecule has 3 rings (SSSR count). The third-order valence-corrected chi connectivity index (χ3v) is 5.24. The normalized spacial score (nSPS) is 14.8. The third kappa shape index (κ3) is 4.57. The molecule has 0 saturated carbocycles. The molecule has 1 atom stereocenters. The van der Waals surface area contributed by atoms with Crippen LogP contribution in [0.4, 0.5) is 0 Å². The van der Waals surface area contributed by atoms with Crippen molar-refractivity contribution in [1.29, 1.82) is 0 Å². The Hall–Kier alpha value is -2.04. The van der Waals surface area contributed by atoms with E-state index in [9.17, 15) is 4.79 Å². The Morgan fingerprint density at radius 1 is 1.19 bits per heavy atom. The topological polar surface area (TPSA) is 32.8 Å². The molecular formula is C21H25ClN2O2. The summed E-state index contributed by atoms with van der Waals surface area (Å²) >= 11 is 5.87. The summed E-state index contributed by atoms with van der Waals surface area (Å²) in [7, 11) is 1.96. The number of nitrogens with zero attached hydrogens (tertiary/aromatic N) is 2. The van der Waals surface area contributed by atoms with Crippen molar-refractivity contribution in [3.63, 3.8) is 0 Å². The van der Waals surface area contributed by atoms with Crippen LogP contribution >= 0.6 is 11.6 Å². The van der Waals surface area contributed by atoms with Crippen LogP contribution < -0.4 is 4.74 Å². The summed E-state index contributed by atoms with van der Waals surface area (Å²) in [6.07, 6.45) is 0.929. The molecule has 2 aromatic carbocycles. The number of likely N-dealkylation sites (N-methyl/N-ethyl adjacent to an activating group) is 1. The summed E-state index contributed by atoms with van der Waals surface area (Å²) < 4.78 is 5.73. The highest BCUT2D eigenvalue weighted by molar-refractivity contribution is 6.30. The number of ether oxygens (including phenoxy) is 1. The van der Waals surface area contributed by atoms with E-state index in [1.54, 1.807) is 12.1 Å². The number of halogens is 1. The zero-order valence-corrected chi connectivity index (χ0v) is 16.1. The molecule has 0 aliphatic carbocycles. The zero-order chi connectivity index (χ0) is 18.5. The van der Waals surface area contributed by atoms with E-state index >= 15 is 0 Å². The average Bonchev–Trinajstić information content (AvgIpc) is 2.68. The second kappa shape index (κ2) is 8.56. The van der Waals surface area contributed by atoms with Crippen LogP contribution in [0.15, 0.2) is 48.5 Å². The first-order valence-electron chi connectivity index (χ1n) is 8.99. The lowest BCUT2D eigenvalue weighted by molar-refractivity contribution is -0.137. The van der Waals surface area contributed by atoms with Crippen molar-refractivity contribution in [3.8, 4) is 5.75 Å². The minimum Gasteiger partial charge on any atom is -0.492 e. The van der Waals surface area contributed by atoms with Gasteiger partial charge in [0.05, 0.1) is 6.04 Å². The van der Waals surface area contributed by atoms with Crippen LogP contribution in [0.25, 0.3) is 0 Å². The molecular weight excluding hydrogens is 348 g/mol. The van der Waals surface area contributed by atoms with Crippen LogP contribution in [0, 0.1) is 0 Å². The Morgan fingerprint density at radius 2 is 1.88 bits per heavy atom. The number of carbonyl (C=O) groups is 1. The predicted molar refractivity (Wildman–Crippen MR) is 105 cm³/mol. The Balaban J connectivity index is 1.49. The number of fused-ring (bicyclic) bond motifs is 1. The van der Waals surface area contributed by atoms with E-state index in [-0.39, 0.29) is 11.9 Å². The molecule has 138 valence electrons. The first kappa shape index (κ1) is 18.7. The third-order valence-electron chi connectivity index (χ3n) is 4.99. The number of benzene rings is 2. The second-order valence-corrected chi connectivity index (χ2v) is 7.17. The van der Waals surface area contributed by atoms with E-state index in [1.165, 1.54) is 11.1 Å². The zero-order valence-electron chi connectivity index (χ0n) is 15.3. The van der Waals surface area contributed by atoms with E-state index in [0.29, 0.717) is 24.7 Å². The standard InChI is InChI=1S/C21H25ClN2O2/c1-16(23(2)13-14-26-20-9-7-19(22)8-10-20)21(25)24-12-11-17-5-3-4-6-18(17)15-24/h3-10,16H,11-15H2,1-2H3. The number of hydrogen-bond donors (Lipinski definition) is 0. The maximum Gasteiger partial charge on any atom is 0.239 e. The smallest absolute Gasteiger partial charge is 0.239 e. The Bertz CT molecular complexity index is 748. The van der Waals surface area contributed by atoms with Crippen molar-refractivity contribution < 1.29 is 9.53 Å². The Morgan fingerprint density at radius 3 is 2.62 bits per heavy atom. The van der Waals surface area contributed by atoms with Gasteiger partial charge in [-0.3, -0.25) is 9.69 Å². The van der Waals surface area contributed by atoms with Crippen LogP contribution in [-0.2, 0) is 17.8 Å². The lowest BCUT2D eigenvalue weighted by Crippen LogP contribution is -2.48. The van der Waals surface area contributed by atoms with Gasteiger partial charge in [-0.05, 0) is 55.8 Å². The van der Waals surface area contributed by atoms with Gasteiger partial charge in [-0.25, -0.2) is 0 Å². The number of carbonyl (C=O) groups excluding carboxylic acids is 1. The van der Waals surface area contributed by atoms with Gasteiger partial charge >= 0.3 is 0 Å². The van der Waals surface area contributed by atoms with Gasteiger partial charge in [0.15, 0.2) is 0 Å². The Labute approximate surface area is 160 Å². The molecule has 2 aromatic rings. The molecule has 0 N–H and O–H groups in total. The lowest BCUT2D eigenvalue weighted by atomic mass is 9.99. The molecule has 1 amide bonds. The molecule has 0 saturated heterocycles. The van der Waals surface area contributed by atoms with Gasteiger partial charge in [0.25, 0.3) is 0 Å². The van der Waals surface area contributed by atoms with Crippen molar-refractivity contribution in [2.24, 2.45) is 0 Å². The molecule has 0 radical (unpaired) electrons. The molecule has 0 fully saturated rings. The minimum absolute atomic E-state index is 0.172. The summed E-state index contributed by atoms with van der Waals surface area (Å²) in [5.74, 6) is 0.961. The maximum atomic E-state index is 12.8. The van der Waals surface area contributed by atoms with E-state index in [4.69, 9.17) is 16.3 Å². The first-order chi connectivity index (χ1) is 12.5. The maximum absolute atomic E-state index is 12.8. The number of rotatable bonds is 6. The van der Waals surface area contributed by atoms with Crippen molar-refractivity contribution in [1.82, 2.24) is 9.80 Å². The summed E-state index contributed by atoms with van der Waals surface area (Å²) in [6, 6.07) is 15.5. The quantitative estimate of drug-likeness (QED) is 0.776. The van der Waals surface area contributed by atoms with Gasteiger partial charge < -0.3 is 9.64 Å².